The monoisotopic (exact) mass is 194 g/mol. The van der Waals surface area contributed by atoms with Crippen molar-refractivity contribution in [2.24, 2.45) is 0 Å². The highest BCUT2D eigenvalue weighted by Crippen LogP contribution is 2.19. The molecular weight excluding hydrogens is 179 g/mol. The highest BCUT2D eigenvalue weighted by molar-refractivity contribution is 5.80. The minimum atomic E-state index is -0.287. The van der Waals surface area contributed by atoms with E-state index in [-0.39, 0.29) is 5.82 Å². The first-order chi connectivity index (χ1) is 6.68. The number of fused-ring (bicyclic) bond motifs is 1. The molecule has 0 spiro atoms. The van der Waals surface area contributed by atoms with Crippen LogP contribution in [-0.4, -0.2) is 9.97 Å². The molecule has 1 N–H and O–H groups in total. The molecule has 3 heteroatoms. The molecule has 2 heterocycles. The van der Waals surface area contributed by atoms with E-state index in [0.29, 0.717) is 0 Å². The third-order valence-corrected chi connectivity index (χ3v) is 2.13. The van der Waals surface area contributed by atoms with E-state index in [9.17, 15) is 4.39 Å². The summed E-state index contributed by atoms with van der Waals surface area (Å²) in [5.74, 6) is -0.287. The van der Waals surface area contributed by atoms with Crippen molar-refractivity contribution in [3.63, 3.8) is 0 Å². The van der Waals surface area contributed by atoms with Crippen molar-refractivity contribution in [3.8, 4) is 0 Å². The Morgan fingerprint density at radius 1 is 1.29 bits per heavy atom. The molecule has 0 unspecified atom stereocenters. The second-order valence-electron chi connectivity index (χ2n) is 2.92. The lowest BCUT2D eigenvalue weighted by atomic mass is 10.2. The summed E-state index contributed by atoms with van der Waals surface area (Å²) in [4.78, 5) is 7.01. The normalized spacial score (nSPS) is 9.79. The van der Waals surface area contributed by atoms with Gasteiger partial charge in [0.2, 0.25) is 0 Å². The molecule has 2 nitrogen and oxygen atoms in total. The molecule has 0 bridgehead atoms. The van der Waals surface area contributed by atoms with Crippen LogP contribution in [0.5, 0.6) is 0 Å². The lowest BCUT2D eigenvalue weighted by Crippen LogP contribution is -1.78. The van der Waals surface area contributed by atoms with Crippen molar-refractivity contribution in [2.45, 2.75) is 27.7 Å². The summed E-state index contributed by atoms with van der Waals surface area (Å²) in [6, 6.07) is 1.50. The average Bonchev–Trinajstić information content (AvgIpc) is 2.48. The van der Waals surface area contributed by atoms with Gasteiger partial charge in [0.05, 0.1) is 6.20 Å². The van der Waals surface area contributed by atoms with Crippen LogP contribution >= 0.6 is 0 Å². The second-order valence-corrected chi connectivity index (χ2v) is 2.92. The SMILES string of the molecule is CC.Cc1[nH]c2ncc(F)cc2c1C. The number of aromatic amines is 1. The van der Waals surface area contributed by atoms with Gasteiger partial charge < -0.3 is 4.98 Å². The van der Waals surface area contributed by atoms with Crippen molar-refractivity contribution in [3.05, 3.63) is 29.3 Å². The molecular formula is C11H15FN2. The van der Waals surface area contributed by atoms with Gasteiger partial charge in [0, 0.05) is 11.1 Å². The maximum Gasteiger partial charge on any atom is 0.142 e. The topological polar surface area (TPSA) is 28.7 Å². The van der Waals surface area contributed by atoms with Gasteiger partial charge in [-0.3, -0.25) is 0 Å². The van der Waals surface area contributed by atoms with E-state index in [1.807, 2.05) is 27.7 Å². The molecule has 0 aliphatic rings. The van der Waals surface area contributed by atoms with Gasteiger partial charge in [0.15, 0.2) is 0 Å². The number of nitrogens with zero attached hydrogens (tertiary/aromatic N) is 1. The zero-order valence-electron chi connectivity index (χ0n) is 8.98. The fraction of sp³-hybridized carbons (Fsp3) is 0.364. The van der Waals surface area contributed by atoms with E-state index in [0.717, 1.165) is 22.3 Å². The Hall–Kier alpha value is -1.38. The highest BCUT2D eigenvalue weighted by atomic mass is 19.1. The number of pyridine rings is 1. The molecule has 0 atom stereocenters. The van der Waals surface area contributed by atoms with Crippen LogP contribution in [0.15, 0.2) is 12.3 Å². The van der Waals surface area contributed by atoms with Gasteiger partial charge in [-0.1, -0.05) is 13.8 Å². The van der Waals surface area contributed by atoms with E-state index < -0.39 is 0 Å². The zero-order valence-corrected chi connectivity index (χ0v) is 8.98. The van der Waals surface area contributed by atoms with Gasteiger partial charge in [-0.15, -0.1) is 0 Å². The average molecular weight is 194 g/mol. The fourth-order valence-corrected chi connectivity index (χ4v) is 1.30. The summed E-state index contributed by atoms with van der Waals surface area (Å²) in [5.41, 5.74) is 2.87. The Balaban J connectivity index is 0.000000461. The van der Waals surface area contributed by atoms with Crippen LogP contribution in [0.4, 0.5) is 4.39 Å². The van der Waals surface area contributed by atoms with Gasteiger partial charge in [0.25, 0.3) is 0 Å². The summed E-state index contributed by atoms with van der Waals surface area (Å²) in [6.45, 7) is 7.91. The van der Waals surface area contributed by atoms with Gasteiger partial charge >= 0.3 is 0 Å². The van der Waals surface area contributed by atoms with Crippen LogP contribution in [-0.2, 0) is 0 Å². The predicted molar refractivity (Wildman–Crippen MR) is 56.9 cm³/mol. The van der Waals surface area contributed by atoms with Crippen LogP contribution in [0.25, 0.3) is 11.0 Å². The minimum absolute atomic E-state index is 0.287. The number of hydrogen-bond acceptors (Lipinski definition) is 1. The van der Waals surface area contributed by atoms with E-state index in [1.165, 1.54) is 12.3 Å². The largest absolute Gasteiger partial charge is 0.343 e. The Morgan fingerprint density at radius 2 is 1.93 bits per heavy atom. The first kappa shape index (κ1) is 10.7. The molecule has 0 radical (unpaired) electrons. The molecule has 0 amide bonds. The first-order valence-corrected chi connectivity index (χ1v) is 4.79. The van der Waals surface area contributed by atoms with Crippen molar-refractivity contribution in [1.82, 2.24) is 9.97 Å². The summed E-state index contributed by atoms with van der Waals surface area (Å²) < 4.78 is 12.7. The molecule has 2 rings (SSSR count). The summed E-state index contributed by atoms with van der Waals surface area (Å²) in [5, 5.41) is 0.868. The third kappa shape index (κ3) is 1.76. The Bertz CT molecular complexity index is 432. The molecule has 0 saturated heterocycles. The number of aromatic nitrogens is 2. The Kier molecular flexibility index (Phi) is 3.23. The quantitative estimate of drug-likeness (QED) is 0.684. The maximum atomic E-state index is 12.7. The van der Waals surface area contributed by atoms with Crippen molar-refractivity contribution >= 4 is 11.0 Å². The number of rotatable bonds is 0. The van der Waals surface area contributed by atoms with Crippen LogP contribution in [0, 0.1) is 19.7 Å². The molecule has 76 valence electrons. The number of nitrogens with one attached hydrogen (secondary N) is 1. The van der Waals surface area contributed by atoms with Gasteiger partial charge in [-0.25, -0.2) is 9.37 Å². The van der Waals surface area contributed by atoms with E-state index >= 15 is 0 Å². The van der Waals surface area contributed by atoms with Crippen molar-refractivity contribution in [2.75, 3.05) is 0 Å². The summed E-state index contributed by atoms with van der Waals surface area (Å²) in [6.07, 6.45) is 1.22. The van der Waals surface area contributed by atoms with E-state index in [1.54, 1.807) is 0 Å². The number of halogens is 1. The summed E-state index contributed by atoms with van der Waals surface area (Å²) in [7, 11) is 0. The van der Waals surface area contributed by atoms with Crippen LogP contribution in [0.3, 0.4) is 0 Å². The Labute approximate surface area is 83.2 Å². The van der Waals surface area contributed by atoms with E-state index in [4.69, 9.17) is 0 Å². The lowest BCUT2D eigenvalue weighted by molar-refractivity contribution is 0.624. The van der Waals surface area contributed by atoms with Crippen molar-refractivity contribution in [1.29, 1.82) is 0 Å². The fourth-order valence-electron chi connectivity index (χ4n) is 1.30. The molecule has 0 aliphatic carbocycles. The first-order valence-electron chi connectivity index (χ1n) is 4.79. The smallest absolute Gasteiger partial charge is 0.142 e. The lowest BCUT2D eigenvalue weighted by Gasteiger charge is -1.90. The number of hydrogen-bond donors (Lipinski definition) is 1. The maximum absolute atomic E-state index is 12.7. The molecule has 2 aromatic heterocycles. The van der Waals surface area contributed by atoms with E-state index in [2.05, 4.69) is 9.97 Å². The predicted octanol–water partition coefficient (Wildman–Crippen LogP) is 3.35. The standard InChI is InChI=1S/C9H9FN2.C2H6/c1-5-6(2)12-9-8(5)3-7(10)4-11-9;1-2/h3-4H,1-2H3,(H,11,12);1-2H3. The number of aryl methyl sites for hydroxylation is 2. The van der Waals surface area contributed by atoms with Crippen LogP contribution in [0.1, 0.15) is 25.1 Å². The molecule has 0 aliphatic heterocycles. The minimum Gasteiger partial charge on any atom is -0.343 e. The molecule has 0 saturated carbocycles. The summed E-state index contributed by atoms with van der Waals surface area (Å²) >= 11 is 0. The van der Waals surface area contributed by atoms with Crippen LogP contribution in [0.2, 0.25) is 0 Å². The molecule has 2 aromatic rings. The second kappa shape index (κ2) is 4.22. The number of H-pyrrole nitrogens is 1. The Morgan fingerprint density at radius 3 is 2.57 bits per heavy atom. The molecule has 14 heavy (non-hydrogen) atoms. The van der Waals surface area contributed by atoms with Gasteiger partial charge in [-0.05, 0) is 25.5 Å². The highest BCUT2D eigenvalue weighted by Gasteiger charge is 2.05. The molecule has 0 fully saturated rings. The van der Waals surface area contributed by atoms with Crippen molar-refractivity contribution < 1.29 is 4.39 Å². The van der Waals surface area contributed by atoms with Crippen LogP contribution < -0.4 is 0 Å². The third-order valence-electron chi connectivity index (χ3n) is 2.13. The van der Waals surface area contributed by atoms with Gasteiger partial charge in [0.1, 0.15) is 11.5 Å². The zero-order chi connectivity index (χ0) is 10.7. The molecule has 0 aromatic carbocycles. The van der Waals surface area contributed by atoms with Gasteiger partial charge in [-0.2, -0.15) is 0 Å².